The van der Waals surface area contributed by atoms with Crippen LogP contribution in [0.1, 0.15) is 23.1 Å². The van der Waals surface area contributed by atoms with Gasteiger partial charge in [0.1, 0.15) is 6.61 Å². The molecule has 0 aliphatic carbocycles. The van der Waals surface area contributed by atoms with Gasteiger partial charge in [-0.3, -0.25) is 14.4 Å². The molecule has 1 amide bonds. The lowest BCUT2D eigenvalue weighted by molar-refractivity contribution is -0.192. The molecule has 0 radical (unpaired) electrons. The van der Waals surface area contributed by atoms with Crippen molar-refractivity contribution in [3.63, 3.8) is 0 Å². The van der Waals surface area contributed by atoms with Crippen LogP contribution in [0.5, 0.6) is 0 Å². The first-order valence-electron chi connectivity index (χ1n) is 9.69. The Balaban J connectivity index is 0.000000451. The van der Waals surface area contributed by atoms with Gasteiger partial charge in [-0.15, -0.1) is 0 Å². The fourth-order valence-corrected chi connectivity index (χ4v) is 3.17. The molecule has 178 valence electrons. The van der Waals surface area contributed by atoms with Crippen molar-refractivity contribution in [3.8, 4) is 0 Å². The first-order chi connectivity index (χ1) is 14.9. The van der Waals surface area contributed by atoms with E-state index < -0.39 is 12.1 Å². The number of amides is 1. The summed E-state index contributed by atoms with van der Waals surface area (Å²) in [6.07, 6.45) is -1.33. The number of halogens is 3. The summed E-state index contributed by atoms with van der Waals surface area (Å²) in [5.41, 5.74) is 3.38. The van der Waals surface area contributed by atoms with Crippen LogP contribution in [-0.4, -0.2) is 86.1 Å². The highest BCUT2D eigenvalue weighted by atomic mass is 19.4. The van der Waals surface area contributed by atoms with Gasteiger partial charge in [-0.2, -0.15) is 18.3 Å². The summed E-state index contributed by atoms with van der Waals surface area (Å²) in [6, 6.07) is 2.27. The maximum atomic E-state index is 11.7. The van der Waals surface area contributed by atoms with Crippen molar-refractivity contribution in [2.45, 2.75) is 32.2 Å². The van der Waals surface area contributed by atoms with E-state index in [1.165, 1.54) is 5.69 Å². The molecule has 32 heavy (non-hydrogen) atoms. The van der Waals surface area contributed by atoms with Crippen molar-refractivity contribution in [2.75, 3.05) is 33.9 Å². The van der Waals surface area contributed by atoms with Gasteiger partial charge in [0.2, 0.25) is 5.91 Å². The summed E-state index contributed by atoms with van der Waals surface area (Å²) in [7, 11) is 5.44. The summed E-state index contributed by atoms with van der Waals surface area (Å²) in [5, 5.41) is 11.5. The number of hydrogen-bond donors (Lipinski definition) is 1. The Morgan fingerprint density at radius 3 is 2.53 bits per heavy atom. The molecular weight excluding hydrogens is 433 g/mol. The summed E-state index contributed by atoms with van der Waals surface area (Å²) in [6.45, 7) is 5.13. The number of alkyl halides is 3. The molecular formula is C19H27F3N6O4. The zero-order valence-corrected chi connectivity index (χ0v) is 18.3. The van der Waals surface area contributed by atoms with Gasteiger partial charge in [-0.1, -0.05) is 0 Å². The Kier molecular flexibility index (Phi) is 8.38. The van der Waals surface area contributed by atoms with Gasteiger partial charge in [-0.25, -0.2) is 9.78 Å². The molecule has 1 unspecified atom stereocenters. The third-order valence-electron chi connectivity index (χ3n) is 4.76. The van der Waals surface area contributed by atoms with E-state index in [0.717, 1.165) is 31.0 Å². The first-order valence-corrected chi connectivity index (χ1v) is 9.69. The smallest absolute Gasteiger partial charge is 0.475 e. The Hall–Kier alpha value is -2.93. The Morgan fingerprint density at radius 1 is 1.34 bits per heavy atom. The third-order valence-corrected chi connectivity index (χ3v) is 4.76. The van der Waals surface area contributed by atoms with Crippen LogP contribution >= 0.6 is 0 Å². The molecule has 1 atom stereocenters. The Bertz CT molecular complexity index is 925. The van der Waals surface area contributed by atoms with E-state index in [0.29, 0.717) is 6.61 Å². The van der Waals surface area contributed by atoms with E-state index in [4.69, 9.17) is 14.6 Å². The molecule has 10 nitrogen and oxygen atoms in total. The molecule has 0 fully saturated rings. The molecule has 13 heteroatoms. The number of imidazole rings is 1. The fourth-order valence-electron chi connectivity index (χ4n) is 3.17. The van der Waals surface area contributed by atoms with Crippen LogP contribution in [0.25, 0.3) is 0 Å². The highest BCUT2D eigenvalue weighted by Crippen LogP contribution is 2.23. The molecule has 1 aliphatic heterocycles. The molecule has 0 saturated heterocycles. The number of hydrogen-bond acceptors (Lipinski definition) is 6. The summed E-state index contributed by atoms with van der Waals surface area (Å²) < 4.78 is 41.5. The average Bonchev–Trinajstić information content (AvgIpc) is 3.27. The van der Waals surface area contributed by atoms with E-state index in [1.54, 1.807) is 19.0 Å². The lowest BCUT2D eigenvalue weighted by Gasteiger charge is -2.34. The highest BCUT2D eigenvalue weighted by molar-refractivity contribution is 5.76. The number of fused-ring (bicyclic) bond motifs is 1. The quantitative estimate of drug-likeness (QED) is 0.691. The van der Waals surface area contributed by atoms with E-state index in [9.17, 15) is 18.0 Å². The van der Waals surface area contributed by atoms with Crippen LogP contribution in [0.3, 0.4) is 0 Å². The fraction of sp³-hybridized carbons (Fsp3) is 0.579. The highest BCUT2D eigenvalue weighted by Gasteiger charge is 2.38. The summed E-state index contributed by atoms with van der Waals surface area (Å²) in [4.78, 5) is 28.8. The molecule has 0 spiro atoms. The molecule has 3 rings (SSSR count). The molecule has 2 aromatic rings. The normalized spacial score (nSPS) is 16.2. The molecule has 0 saturated carbocycles. The molecule has 1 N–H and O–H groups in total. The third kappa shape index (κ3) is 7.05. The lowest BCUT2D eigenvalue weighted by atomic mass is 10.2. The number of carboxylic acid groups (broad SMARTS) is 1. The van der Waals surface area contributed by atoms with Crippen LogP contribution in [0.2, 0.25) is 0 Å². The first kappa shape index (κ1) is 25.3. The number of carbonyl (C=O) groups excluding carboxylic acids is 1. The number of aliphatic carboxylic acids is 1. The van der Waals surface area contributed by atoms with E-state index in [1.807, 2.05) is 31.2 Å². The molecule has 0 bridgehead atoms. The predicted octanol–water partition coefficient (Wildman–Crippen LogP) is 1.22. The second kappa shape index (κ2) is 10.6. The number of likely N-dealkylation sites (N-methyl/N-ethyl adjacent to an activating group) is 1. The van der Waals surface area contributed by atoms with Gasteiger partial charge in [0.25, 0.3) is 0 Å². The van der Waals surface area contributed by atoms with Crippen LogP contribution in [0, 0.1) is 6.92 Å². The van der Waals surface area contributed by atoms with Gasteiger partial charge in [0.05, 0.1) is 36.1 Å². The largest absolute Gasteiger partial charge is 0.490 e. The Morgan fingerprint density at radius 2 is 2.00 bits per heavy atom. The van der Waals surface area contributed by atoms with Crippen LogP contribution < -0.4 is 0 Å². The summed E-state index contributed by atoms with van der Waals surface area (Å²) >= 11 is 0. The SMILES string of the molecule is Cc1cc(CN2Cc3cncn3C(COCC(=O)N(C)C)C2)n(C)n1.O=C(O)C(F)(F)F. The number of ether oxygens (including phenoxy) is 1. The lowest BCUT2D eigenvalue weighted by Crippen LogP contribution is -2.39. The number of rotatable bonds is 6. The standard InChI is InChI=1S/C17H26N6O2.C2HF3O2/c1-13-5-14(21(4)19-13)7-22-8-15-6-18-12-23(15)16(9-22)10-25-11-17(24)20(2)3;3-2(4,5)1(6)7/h5-6,12,16H,7-11H2,1-4H3;(H,6,7). The van der Waals surface area contributed by atoms with Crippen molar-refractivity contribution in [1.82, 2.24) is 29.1 Å². The number of carboxylic acids is 1. The number of aromatic nitrogens is 4. The van der Waals surface area contributed by atoms with E-state index in [-0.39, 0.29) is 18.6 Å². The molecule has 3 heterocycles. The Labute approximate surface area is 183 Å². The van der Waals surface area contributed by atoms with Crippen molar-refractivity contribution < 1.29 is 32.6 Å². The monoisotopic (exact) mass is 460 g/mol. The number of nitrogens with zero attached hydrogens (tertiary/aromatic N) is 6. The van der Waals surface area contributed by atoms with Crippen LogP contribution in [-0.2, 0) is 34.5 Å². The van der Waals surface area contributed by atoms with Crippen LogP contribution in [0.4, 0.5) is 13.2 Å². The van der Waals surface area contributed by atoms with Gasteiger partial charge >= 0.3 is 12.1 Å². The minimum Gasteiger partial charge on any atom is -0.475 e. The van der Waals surface area contributed by atoms with Gasteiger partial charge in [-0.05, 0) is 13.0 Å². The predicted molar refractivity (Wildman–Crippen MR) is 107 cm³/mol. The van der Waals surface area contributed by atoms with E-state index >= 15 is 0 Å². The average molecular weight is 460 g/mol. The minimum absolute atomic E-state index is 0.0242. The van der Waals surface area contributed by atoms with Gasteiger partial charge in [0, 0.05) is 47.0 Å². The van der Waals surface area contributed by atoms with Crippen molar-refractivity contribution in [2.24, 2.45) is 7.05 Å². The minimum atomic E-state index is -5.08. The molecule has 1 aliphatic rings. The van der Waals surface area contributed by atoms with Gasteiger partial charge < -0.3 is 19.3 Å². The molecule has 0 aromatic carbocycles. The summed E-state index contributed by atoms with van der Waals surface area (Å²) in [5.74, 6) is -2.78. The maximum Gasteiger partial charge on any atom is 0.490 e. The molecule has 2 aromatic heterocycles. The zero-order chi connectivity index (χ0) is 24.1. The number of aryl methyl sites for hydroxylation is 2. The zero-order valence-electron chi connectivity index (χ0n) is 18.3. The van der Waals surface area contributed by atoms with E-state index in [2.05, 4.69) is 25.6 Å². The van der Waals surface area contributed by atoms with Crippen molar-refractivity contribution in [3.05, 3.63) is 35.7 Å². The second-order valence-corrected chi connectivity index (χ2v) is 7.62. The van der Waals surface area contributed by atoms with Crippen molar-refractivity contribution in [1.29, 1.82) is 0 Å². The number of carbonyl (C=O) groups is 2. The van der Waals surface area contributed by atoms with Gasteiger partial charge in [0.15, 0.2) is 0 Å². The topological polar surface area (TPSA) is 106 Å². The maximum absolute atomic E-state index is 11.7. The second-order valence-electron chi connectivity index (χ2n) is 7.62. The van der Waals surface area contributed by atoms with Crippen molar-refractivity contribution >= 4 is 11.9 Å². The van der Waals surface area contributed by atoms with Crippen LogP contribution in [0.15, 0.2) is 18.6 Å².